The Morgan fingerprint density at radius 1 is 1.10 bits per heavy atom. The third kappa shape index (κ3) is 3.18. The van der Waals surface area contributed by atoms with E-state index in [0.29, 0.717) is 5.84 Å². The van der Waals surface area contributed by atoms with Gasteiger partial charge in [0, 0.05) is 16.9 Å². The molecule has 0 aliphatic rings. The summed E-state index contributed by atoms with van der Waals surface area (Å²) in [6.07, 6.45) is 0. The Bertz CT molecular complexity index is 595. The maximum absolute atomic E-state index is 5.85. The first kappa shape index (κ1) is 13.7. The van der Waals surface area contributed by atoms with Gasteiger partial charge >= 0.3 is 0 Å². The molecular weight excluding hydrogens is 254 g/mol. The normalized spacial score (nSPS) is 11.0. The van der Waals surface area contributed by atoms with E-state index in [0.717, 1.165) is 22.7 Å². The highest BCUT2D eigenvalue weighted by Gasteiger charge is 2.06. The van der Waals surface area contributed by atoms with Crippen molar-refractivity contribution in [3.8, 4) is 5.75 Å². The third-order valence-corrected chi connectivity index (χ3v) is 2.76. The highest BCUT2D eigenvalue weighted by atomic mass is 16.5. The summed E-state index contributed by atoms with van der Waals surface area (Å²) in [6, 6.07) is 15.2. The average molecular weight is 271 g/mol. The van der Waals surface area contributed by atoms with E-state index in [1.165, 1.54) is 0 Å². The van der Waals surface area contributed by atoms with E-state index in [-0.39, 0.29) is 0 Å². The molecule has 0 unspecified atom stereocenters. The second-order valence-electron chi connectivity index (χ2n) is 4.03. The number of methoxy groups -OCH3 is 1. The van der Waals surface area contributed by atoms with Crippen molar-refractivity contribution in [3.05, 3.63) is 54.1 Å². The molecule has 0 spiro atoms. The first-order valence-electron chi connectivity index (χ1n) is 6.04. The van der Waals surface area contributed by atoms with Gasteiger partial charge < -0.3 is 15.8 Å². The monoisotopic (exact) mass is 271 g/mol. The van der Waals surface area contributed by atoms with Crippen molar-refractivity contribution < 1.29 is 4.74 Å². The zero-order chi connectivity index (χ0) is 14.4. The number of para-hydroxylation sites is 1. The van der Waals surface area contributed by atoms with Crippen molar-refractivity contribution in [1.29, 1.82) is 0 Å². The first-order chi connectivity index (χ1) is 9.74. The number of nitrogens with zero attached hydrogens (tertiary/aromatic N) is 1. The molecule has 2 rings (SSSR count). The van der Waals surface area contributed by atoms with Crippen LogP contribution in [0.25, 0.3) is 0 Å². The van der Waals surface area contributed by atoms with Crippen LogP contribution in [0.3, 0.4) is 0 Å². The van der Waals surface area contributed by atoms with E-state index in [1.807, 2.05) is 48.5 Å². The van der Waals surface area contributed by atoms with Gasteiger partial charge in [0.25, 0.3) is 0 Å². The molecule has 0 saturated carbocycles. The summed E-state index contributed by atoms with van der Waals surface area (Å²) in [6.45, 7) is 0. The van der Waals surface area contributed by atoms with Gasteiger partial charge in [-0.2, -0.15) is 0 Å². The lowest BCUT2D eigenvalue weighted by Gasteiger charge is -2.12. The summed E-state index contributed by atoms with van der Waals surface area (Å²) >= 11 is 0. The Labute approximate surface area is 117 Å². The van der Waals surface area contributed by atoms with Gasteiger partial charge in [-0.15, -0.1) is 5.10 Å². The molecule has 6 nitrogen and oxygen atoms in total. The standard InChI is InChI=1S/C14H17N5O/c1-20-11-8-6-10(7-9-11)17-13-5-3-2-4-12(13)14(15)18-19-16/h2-9,17,19H,16H2,1H3,(H2,15,18). The average Bonchev–Trinajstić information content (AvgIpc) is 2.49. The van der Waals surface area contributed by atoms with Crippen molar-refractivity contribution in [3.63, 3.8) is 0 Å². The quantitative estimate of drug-likeness (QED) is 0.286. The molecule has 0 radical (unpaired) electrons. The smallest absolute Gasteiger partial charge is 0.154 e. The maximum Gasteiger partial charge on any atom is 0.154 e. The Hall–Kier alpha value is -2.73. The van der Waals surface area contributed by atoms with E-state index in [9.17, 15) is 0 Å². The van der Waals surface area contributed by atoms with Gasteiger partial charge in [0.2, 0.25) is 0 Å². The van der Waals surface area contributed by atoms with Crippen LogP contribution in [0.4, 0.5) is 11.4 Å². The lowest BCUT2D eigenvalue weighted by atomic mass is 10.1. The van der Waals surface area contributed by atoms with Crippen LogP contribution in [0.5, 0.6) is 5.75 Å². The van der Waals surface area contributed by atoms with Crippen LogP contribution in [-0.2, 0) is 0 Å². The number of hydrogen-bond acceptors (Lipinski definition) is 5. The number of nitrogens with two attached hydrogens (primary N) is 2. The molecule has 2 aromatic carbocycles. The van der Waals surface area contributed by atoms with Gasteiger partial charge in [0.15, 0.2) is 5.84 Å². The van der Waals surface area contributed by atoms with Crippen molar-refractivity contribution >= 4 is 17.2 Å². The van der Waals surface area contributed by atoms with Gasteiger partial charge in [0.05, 0.1) is 7.11 Å². The first-order valence-corrected chi connectivity index (χ1v) is 6.04. The molecule has 0 heterocycles. The Kier molecular flexibility index (Phi) is 4.41. The molecule has 2 aromatic rings. The van der Waals surface area contributed by atoms with Crippen molar-refractivity contribution in [1.82, 2.24) is 5.53 Å². The van der Waals surface area contributed by atoms with Gasteiger partial charge in [-0.1, -0.05) is 12.1 Å². The topological polar surface area (TPSA) is 97.7 Å². The molecule has 0 aliphatic carbocycles. The highest BCUT2D eigenvalue weighted by Crippen LogP contribution is 2.22. The van der Waals surface area contributed by atoms with Gasteiger partial charge in [-0.25, -0.2) is 11.4 Å². The summed E-state index contributed by atoms with van der Waals surface area (Å²) in [7, 11) is 1.63. The molecule has 0 fully saturated rings. The van der Waals surface area contributed by atoms with Crippen molar-refractivity contribution in [2.45, 2.75) is 0 Å². The number of amidine groups is 1. The minimum absolute atomic E-state index is 0.309. The number of rotatable bonds is 5. The van der Waals surface area contributed by atoms with Crippen LogP contribution in [0.15, 0.2) is 53.6 Å². The summed E-state index contributed by atoms with van der Waals surface area (Å²) in [5.74, 6) is 6.26. The van der Waals surface area contributed by atoms with Crippen LogP contribution in [0, 0.1) is 0 Å². The predicted octanol–water partition coefficient (Wildman–Crippen LogP) is 1.52. The second-order valence-corrected chi connectivity index (χ2v) is 4.03. The number of hydrazine groups is 1. The highest BCUT2D eigenvalue weighted by molar-refractivity contribution is 6.02. The predicted molar refractivity (Wildman–Crippen MR) is 80.8 cm³/mol. The van der Waals surface area contributed by atoms with E-state index < -0.39 is 0 Å². The minimum Gasteiger partial charge on any atom is -0.497 e. The number of hydrogen-bond donors (Lipinski definition) is 4. The largest absolute Gasteiger partial charge is 0.497 e. The molecule has 20 heavy (non-hydrogen) atoms. The molecular formula is C14H17N5O. The minimum atomic E-state index is 0.309. The molecule has 6 N–H and O–H groups in total. The lowest BCUT2D eigenvalue weighted by molar-refractivity contribution is 0.415. The molecule has 104 valence electrons. The van der Waals surface area contributed by atoms with E-state index in [4.69, 9.17) is 16.3 Å². The molecule has 0 amide bonds. The summed E-state index contributed by atoms with van der Waals surface area (Å²) in [5.41, 5.74) is 10.6. The zero-order valence-corrected chi connectivity index (χ0v) is 11.1. The van der Waals surface area contributed by atoms with Crippen LogP contribution < -0.4 is 27.2 Å². The molecule has 0 aromatic heterocycles. The van der Waals surface area contributed by atoms with Crippen LogP contribution in [-0.4, -0.2) is 12.9 Å². The number of nitrogens with one attached hydrogen (secondary N) is 2. The fourth-order valence-corrected chi connectivity index (χ4v) is 1.78. The molecule has 0 atom stereocenters. The Morgan fingerprint density at radius 2 is 1.80 bits per heavy atom. The fraction of sp³-hybridized carbons (Fsp3) is 0.0714. The van der Waals surface area contributed by atoms with E-state index >= 15 is 0 Å². The number of anilines is 2. The number of ether oxygens (including phenoxy) is 1. The number of hydrazone groups is 1. The Balaban J connectivity index is 2.26. The second kappa shape index (κ2) is 6.44. The third-order valence-electron chi connectivity index (χ3n) is 2.76. The summed E-state index contributed by atoms with van der Waals surface area (Å²) < 4.78 is 5.12. The number of benzene rings is 2. The lowest BCUT2D eigenvalue weighted by Crippen LogP contribution is -2.23. The van der Waals surface area contributed by atoms with Crippen molar-refractivity contribution in [2.24, 2.45) is 16.7 Å². The zero-order valence-electron chi connectivity index (χ0n) is 11.1. The van der Waals surface area contributed by atoms with Crippen LogP contribution in [0.1, 0.15) is 5.56 Å². The summed E-state index contributed by atoms with van der Waals surface area (Å²) in [5, 5.41) is 7.06. The molecule has 6 heteroatoms. The summed E-state index contributed by atoms with van der Waals surface area (Å²) in [4.78, 5) is 0. The molecule has 0 bridgehead atoms. The van der Waals surface area contributed by atoms with E-state index in [2.05, 4.69) is 16.0 Å². The van der Waals surface area contributed by atoms with Gasteiger partial charge in [-0.3, -0.25) is 0 Å². The van der Waals surface area contributed by atoms with Crippen LogP contribution >= 0.6 is 0 Å². The van der Waals surface area contributed by atoms with E-state index in [1.54, 1.807) is 7.11 Å². The molecule has 0 saturated heterocycles. The van der Waals surface area contributed by atoms with Gasteiger partial charge in [-0.05, 0) is 36.4 Å². The fourth-order valence-electron chi connectivity index (χ4n) is 1.78. The SMILES string of the molecule is COc1ccc(Nc2ccccc2/C(N)=N/NN)cc1. The maximum atomic E-state index is 5.85. The Morgan fingerprint density at radius 3 is 2.45 bits per heavy atom. The van der Waals surface area contributed by atoms with Crippen LogP contribution in [0.2, 0.25) is 0 Å². The molecule has 0 aliphatic heterocycles. The van der Waals surface area contributed by atoms with Gasteiger partial charge in [0.1, 0.15) is 5.75 Å². The van der Waals surface area contributed by atoms with Crippen molar-refractivity contribution in [2.75, 3.05) is 12.4 Å².